The molecule has 2 unspecified atom stereocenters. The number of fused-ring (bicyclic) bond motifs is 1. The molecule has 2 rings (SSSR count). The fourth-order valence-corrected chi connectivity index (χ4v) is 2.40. The van der Waals surface area contributed by atoms with Gasteiger partial charge in [0.25, 0.3) is 0 Å². The maximum Gasteiger partial charge on any atom is 0.199 e. The first-order chi connectivity index (χ1) is 7.69. The van der Waals surface area contributed by atoms with Crippen molar-refractivity contribution < 1.29 is 4.74 Å². The summed E-state index contributed by atoms with van der Waals surface area (Å²) in [5.41, 5.74) is 0. The van der Waals surface area contributed by atoms with Crippen molar-refractivity contribution in [1.29, 1.82) is 0 Å². The molecule has 0 fully saturated rings. The Labute approximate surface area is 101 Å². The van der Waals surface area contributed by atoms with Crippen LogP contribution in [0.15, 0.2) is 6.33 Å². The first kappa shape index (κ1) is 11.5. The van der Waals surface area contributed by atoms with Crippen LogP contribution in [0.5, 0.6) is 5.75 Å². The summed E-state index contributed by atoms with van der Waals surface area (Å²) < 4.78 is 5.89. The smallest absolute Gasteiger partial charge is 0.199 e. The van der Waals surface area contributed by atoms with E-state index in [-0.39, 0.29) is 6.10 Å². The third-order valence-electron chi connectivity index (χ3n) is 3.09. The van der Waals surface area contributed by atoms with E-state index in [1.165, 1.54) is 6.33 Å². The number of ether oxygens (including phenoxy) is 1. The highest BCUT2D eigenvalue weighted by Gasteiger charge is 2.34. The van der Waals surface area contributed by atoms with Crippen molar-refractivity contribution in [2.75, 3.05) is 11.9 Å². The molecule has 2 heterocycles. The molecule has 0 spiro atoms. The number of anilines is 1. The van der Waals surface area contributed by atoms with Gasteiger partial charge in [-0.05, 0) is 12.8 Å². The molecule has 16 heavy (non-hydrogen) atoms. The van der Waals surface area contributed by atoms with Crippen LogP contribution in [0.1, 0.15) is 26.7 Å². The zero-order chi connectivity index (χ0) is 11.7. The van der Waals surface area contributed by atoms with Crippen LogP contribution < -0.4 is 9.64 Å². The number of rotatable bonds is 2. The van der Waals surface area contributed by atoms with E-state index in [0.29, 0.717) is 16.9 Å². The summed E-state index contributed by atoms with van der Waals surface area (Å²) in [7, 11) is 2.03. The van der Waals surface area contributed by atoms with Gasteiger partial charge >= 0.3 is 0 Å². The van der Waals surface area contributed by atoms with E-state index in [1.54, 1.807) is 0 Å². The number of hydrogen-bond donors (Lipinski definition) is 0. The van der Waals surface area contributed by atoms with Crippen LogP contribution in [0.3, 0.4) is 0 Å². The van der Waals surface area contributed by atoms with Crippen molar-refractivity contribution in [3.8, 4) is 5.75 Å². The first-order valence-corrected chi connectivity index (χ1v) is 5.96. The summed E-state index contributed by atoms with van der Waals surface area (Å²) in [6.45, 7) is 4.27. The molecule has 1 aromatic rings. The molecule has 0 bridgehead atoms. The molecule has 5 heteroatoms. The summed E-state index contributed by atoms with van der Waals surface area (Å²) in [5.74, 6) is 1.40. The number of hydrogen-bond acceptors (Lipinski definition) is 4. The Morgan fingerprint density at radius 3 is 2.75 bits per heavy atom. The van der Waals surface area contributed by atoms with Crippen molar-refractivity contribution in [3.63, 3.8) is 0 Å². The molecule has 0 N–H and O–H groups in total. The molecular weight excluding hydrogens is 226 g/mol. The van der Waals surface area contributed by atoms with Crippen molar-refractivity contribution in [2.45, 2.75) is 38.8 Å². The quantitative estimate of drug-likeness (QED) is 0.746. The Bertz CT molecular complexity index is 385. The van der Waals surface area contributed by atoms with Gasteiger partial charge in [-0.15, -0.1) is 0 Å². The largest absolute Gasteiger partial charge is 0.481 e. The monoisotopic (exact) mass is 241 g/mol. The Balaban J connectivity index is 2.43. The van der Waals surface area contributed by atoms with Crippen molar-refractivity contribution >= 4 is 17.4 Å². The predicted molar refractivity (Wildman–Crippen MR) is 64.2 cm³/mol. The van der Waals surface area contributed by atoms with E-state index >= 15 is 0 Å². The number of nitrogens with zero attached hydrogens (tertiary/aromatic N) is 3. The number of likely N-dealkylation sites (N-methyl/N-ethyl adjacent to an activating group) is 1. The summed E-state index contributed by atoms with van der Waals surface area (Å²) in [5, 5.41) is 0.393. The fourth-order valence-electron chi connectivity index (χ4n) is 2.22. The molecule has 0 aliphatic carbocycles. The minimum absolute atomic E-state index is 0.158. The van der Waals surface area contributed by atoms with Crippen molar-refractivity contribution in [2.24, 2.45) is 0 Å². The molecule has 88 valence electrons. The molecule has 0 aromatic carbocycles. The highest BCUT2D eigenvalue weighted by Crippen LogP contribution is 2.38. The average Bonchev–Trinajstić information content (AvgIpc) is 2.30. The lowest BCUT2D eigenvalue weighted by Gasteiger charge is -2.39. The average molecular weight is 242 g/mol. The topological polar surface area (TPSA) is 38.3 Å². The highest BCUT2D eigenvalue weighted by molar-refractivity contribution is 6.31. The minimum Gasteiger partial charge on any atom is -0.481 e. The van der Waals surface area contributed by atoms with Crippen LogP contribution >= 0.6 is 11.6 Å². The summed E-state index contributed by atoms with van der Waals surface area (Å²) in [4.78, 5) is 10.3. The third kappa shape index (κ3) is 1.71. The lowest BCUT2D eigenvalue weighted by atomic mass is 10.0. The second kappa shape index (κ2) is 4.45. The fraction of sp³-hybridized carbons (Fsp3) is 0.636. The molecule has 4 nitrogen and oxygen atoms in total. The summed E-state index contributed by atoms with van der Waals surface area (Å²) in [6, 6.07) is 0.350. The lowest BCUT2D eigenvalue weighted by molar-refractivity contribution is 0.145. The van der Waals surface area contributed by atoms with Crippen LogP contribution in [0.2, 0.25) is 5.15 Å². The van der Waals surface area contributed by atoms with E-state index in [2.05, 4.69) is 28.7 Å². The lowest BCUT2D eigenvalue weighted by Crippen LogP contribution is -2.47. The first-order valence-electron chi connectivity index (χ1n) is 5.59. The van der Waals surface area contributed by atoms with Gasteiger partial charge in [0.1, 0.15) is 12.4 Å². The molecule has 0 saturated carbocycles. The highest BCUT2D eigenvalue weighted by atomic mass is 35.5. The van der Waals surface area contributed by atoms with Gasteiger partial charge in [-0.2, -0.15) is 0 Å². The van der Waals surface area contributed by atoms with Gasteiger partial charge in [-0.25, -0.2) is 9.97 Å². The second-order valence-electron chi connectivity index (χ2n) is 3.97. The molecular formula is C11H16ClN3O. The predicted octanol–water partition coefficient (Wildman–Crippen LogP) is 2.52. The maximum atomic E-state index is 6.02. The number of halogens is 1. The van der Waals surface area contributed by atoms with Crippen molar-refractivity contribution in [1.82, 2.24) is 9.97 Å². The minimum atomic E-state index is 0.158. The standard InChI is InChI=1S/C11H16ClN3O/c1-4-7-8(5-2)16-9-10(12)13-6-14-11(9)15(7)3/h6-8H,4-5H2,1-3H3. The summed E-state index contributed by atoms with van der Waals surface area (Å²) >= 11 is 6.02. The van der Waals surface area contributed by atoms with E-state index in [4.69, 9.17) is 16.3 Å². The SMILES string of the molecule is CCC1Oc2c(Cl)ncnc2N(C)C1CC. The van der Waals surface area contributed by atoms with Crippen LogP contribution in [-0.4, -0.2) is 29.2 Å². The molecule has 1 aromatic heterocycles. The van der Waals surface area contributed by atoms with Crippen LogP contribution in [0, 0.1) is 0 Å². The Morgan fingerprint density at radius 2 is 2.12 bits per heavy atom. The van der Waals surface area contributed by atoms with Gasteiger partial charge in [-0.3, -0.25) is 0 Å². The van der Waals surface area contributed by atoms with E-state index in [1.807, 2.05) is 7.05 Å². The van der Waals surface area contributed by atoms with E-state index in [0.717, 1.165) is 18.7 Å². The van der Waals surface area contributed by atoms with Crippen LogP contribution in [0.25, 0.3) is 0 Å². The molecule has 1 aliphatic rings. The Kier molecular flexibility index (Phi) is 3.19. The zero-order valence-electron chi connectivity index (χ0n) is 9.77. The summed E-state index contributed by atoms with van der Waals surface area (Å²) in [6.07, 6.45) is 3.61. The second-order valence-corrected chi connectivity index (χ2v) is 4.33. The Morgan fingerprint density at radius 1 is 1.38 bits per heavy atom. The van der Waals surface area contributed by atoms with Crippen molar-refractivity contribution in [3.05, 3.63) is 11.5 Å². The van der Waals surface area contributed by atoms with Gasteiger partial charge in [0.2, 0.25) is 0 Å². The van der Waals surface area contributed by atoms with Gasteiger partial charge in [0.15, 0.2) is 16.7 Å². The third-order valence-corrected chi connectivity index (χ3v) is 3.36. The van der Waals surface area contributed by atoms with Gasteiger partial charge < -0.3 is 9.64 Å². The molecule has 1 aliphatic heterocycles. The van der Waals surface area contributed by atoms with Gasteiger partial charge in [-0.1, -0.05) is 25.4 Å². The molecule has 0 amide bonds. The van der Waals surface area contributed by atoms with Crippen LogP contribution in [-0.2, 0) is 0 Å². The Hall–Kier alpha value is -1.03. The van der Waals surface area contributed by atoms with E-state index in [9.17, 15) is 0 Å². The molecule has 0 saturated heterocycles. The zero-order valence-corrected chi connectivity index (χ0v) is 10.5. The normalized spacial score (nSPS) is 23.9. The number of aromatic nitrogens is 2. The van der Waals surface area contributed by atoms with Gasteiger partial charge in [0, 0.05) is 7.05 Å². The molecule has 2 atom stereocenters. The van der Waals surface area contributed by atoms with E-state index < -0.39 is 0 Å². The maximum absolute atomic E-state index is 6.02. The van der Waals surface area contributed by atoms with Gasteiger partial charge in [0.05, 0.1) is 6.04 Å². The van der Waals surface area contributed by atoms with Crippen LogP contribution in [0.4, 0.5) is 5.82 Å². The molecule has 0 radical (unpaired) electrons.